The SMILES string of the molecule is Cc1ccc(C)c(Cn2ncn(C)c2=O)c1. The standard InChI is InChI=1S/C12H15N3O/c1-9-4-5-10(2)11(6-9)7-15-12(16)14(3)8-13-15/h4-6,8H,7H2,1-3H3. The van der Waals surface area contributed by atoms with Crippen molar-refractivity contribution in [2.24, 2.45) is 7.05 Å². The summed E-state index contributed by atoms with van der Waals surface area (Å²) in [6.07, 6.45) is 1.54. The molecule has 1 aromatic heterocycles. The van der Waals surface area contributed by atoms with Gasteiger partial charge in [0.2, 0.25) is 0 Å². The van der Waals surface area contributed by atoms with E-state index in [4.69, 9.17) is 0 Å². The summed E-state index contributed by atoms with van der Waals surface area (Å²) in [7, 11) is 1.70. The summed E-state index contributed by atoms with van der Waals surface area (Å²) in [5.74, 6) is 0. The minimum atomic E-state index is -0.0825. The molecule has 0 radical (unpaired) electrons. The third kappa shape index (κ3) is 1.91. The van der Waals surface area contributed by atoms with Crippen molar-refractivity contribution < 1.29 is 0 Å². The van der Waals surface area contributed by atoms with Gasteiger partial charge < -0.3 is 0 Å². The van der Waals surface area contributed by atoms with Crippen molar-refractivity contribution in [3.05, 3.63) is 51.7 Å². The Morgan fingerprint density at radius 3 is 2.69 bits per heavy atom. The van der Waals surface area contributed by atoms with Crippen LogP contribution in [0, 0.1) is 13.8 Å². The molecule has 0 saturated carbocycles. The van der Waals surface area contributed by atoms with Crippen molar-refractivity contribution >= 4 is 0 Å². The van der Waals surface area contributed by atoms with Crippen molar-refractivity contribution in [1.82, 2.24) is 14.3 Å². The Hall–Kier alpha value is -1.84. The molecule has 84 valence electrons. The normalized spacial score (nSPS) is 10.7. The van der Waals surface area contributed by atoms with Crippen LogP contribution in [0.5, 0.6) is 0 Å². The van der Waals surface area contributed by atoms with Gasteiger partial charge in [0.05, 0.1) is 6.54 Å². The summed E-state index contributed by atoms with van der Waals surface area (Å²) in [4.78, 5) is 11.6. The number of rotatable bonds is 2. The number of benzene rings is 1. The zero-order valence-corrected chi connectivity index (χ0v) is 9.77. The molecule has 4 nitrogen and oxygen atoms in total. The average molecular weight is 217 g/mol. The fourth-order valence-corrected chi connectivity index (χ4v) is 1.66. The average Bonchev–Trinajstić information content (AvgIpc) is 2.55. The van der Waals surface area contributed by atoms with Crippen molar-refractivity contribution in [2.75, 3.05) is 0 Å². The van der Waals surface area contributed by atoms with Crippen LogP contribution in [0.3, 0.4) is 0 Å². The third-order valence-electron chi connectivity index (χ3n) is 2.71. The maximum Gasteiger partial charge on any atom is 0.345 e. The van der Waals surface area contributed by atoms with Crippen LogP contribution in [-0.2, 0) is 13.6 Å². The lowest BCUT2D eigenvalue weighted by molar-refractivity contribution is 0.644. The van der Waals surface area contributed by atoms with Crippen molar-refractivity contribution in [2.45, 2.75) is 20.4 Å². The highest BCUT2D eigenvalue weighted by atomic mass is 16.2. The third-order valence-corrected chi connectivity index (χ3v) is 2.71. The lowest BCUT2D eigenvalue weighted by Gasteiger charge is -2.06. The van der Waals surface area contributed by atoms with Crippen molar-refractivity contribution in [3.8, 4) is 0 Å². The first-order chi connectivity index (χ1) is 7.58. The molecule has 0 bridgehead atoms. The quantitative estimate of drug-likeness (QED) is 0.759. The van der Waals surface area contributed by atoms with Crippen molar-refractivity contribution in [1.29, 1.82) is 0 Å². The second kappa shape index (κ2) is 3.96. The Balaban J connectivity index is 2.37. The van der Waals surface area contributed by atoms with E-state index >= 15 is 0 Å². The van der Waals surface area contributed by atoms with Crippen LogP contribution in [-0.4, -0.2) is 14.3 Å². The number of aryl methyl sites for hydroxylation is 3. The number of hydrogen-bond acceptors (Lipinski definition) is 2. The number of hydrogen-bond donors (Lipinski definition) is 0. The predicted octanol–water partition coefficient (Wildman–Crippen LogP) is 1.25. The van der Waals surface area contributed by atoms with Gasteiger partial charge in [-0.3, -0.25) is 4.57 Å². The summed E-state index contributed by atoms with van der Waals surface area (Å²) < 4.78 is 2.95. The first-order valence-electron chi connectivity index (χ1n) is 5.22. The fourth-order valence-electron chi connectivity index (χ4n) is 1.66. The Bertz CT molecular complexity index is 566. The first kappa shape index (κ1) is 10.7. The summed E-state index contributed by atoms with van der Waals surface area (Å²) in [5.41, 5.74) is 3.44. The van der Waals surface area contributed by atoms with Gasteiger partial charge in [0, 0.05) is 7.05 Å². The van der Waals surface area contributed by atoms with Crippen LogP contribution >= 0.6 is 0 Å². The van der Waals surface area contributed by atoms with Gasteiger partial charge in [-0.15, -0.1) is 0 Å². The molecule has 0 saturated heterocycles. The smallest absolute Gasteiger partial charge is 0.285 e. The van der Waals surface area contributed by atoms with E-state index in [1.807, 2.05) is 13.8 Å². The molecule has 0 unspecified atom stereocenters. The highest BCUT2D eigenvalue weighted by Gasteiger charge is 2.04. The van der Waals surface area contributed by atoms with E-state index in [0.29, 0.717) is 6.54 Å². The number of aromatic nitrogens is 3. The topological polar surface area (TPSA) is 39.8 Å². The van der Waals surface area contributed by atoms with E-state index in [1.54, 1.807) is 7.05 Å². The monoisotopic (exact) mass is 217 g/mol. The Morgan fingerprint density at radius 2 is 2.06 bits per heavy atom. The largest absolute Gasteiger partial charge is 0.345 e. The van der Waals surface area contributed by atoms with E-state index < -0.39 is 0 Å². The second-order valence-corrected chi connectivity index (χ2v) is 4.11. The molecule has 0 atom stereocenters. The number of nitrogens with zero attached hydrogens (tertiary/aromatic N) is 3. The van der Waals surface area contributed by atoms with Crippen LogP contribution in [0.4, 0.5) is 0 Å². The zero-order chi connectivity index (χ0) is 11.7. The lowest BCUT2D eigenvalue weighted by atomic mass is 10.1. The molecule has 0 aliphatic heterocycles. The van der Waals surface area contributed by atoms with Crippen LogP contribution in [0.25, 0.3) is 0 Å². The minimum Gasteiger partial charge on any atom is -0.285 e. The fraction of sp³-hybridized carbons (Fsp3) is 0.333. The summed E-state index contributed by atoms with van der Waals surface area (Å²) in [6, 6.07) is 6.23. The molecule has 0 amide bonds. The summed E-state index contributed by atoms with van der Waals surface area (Å²) >= 11 is 0. The van der Waals surface area contributed by atoms with Crippen molar-refractivity contribution in [3.63, 3.8) is 0 Å². The molecular formula is C12H15N3O. The molecule has 1 heterocycles. The molecule has 0 N–H and O–H groups in total. The van der Waals surface area contributed by atoms with Gasteiger partial charge in [0.25, 0.3) is 0 Å². The summed E-state index contributed by atoms with van der Waals surface area (Å²) in [5, 5.41) is 4.05. The van der Waals surface area contributed by atoms with Gasteiger partial charge in [-0.2, -0.15) is 5.10 Å². The maximum absolute atomic E-state index is 11.6. The van der Waals surface area contributed by atoms with Gasteiger partial charge in [-0.1, -0.05) is 23.8 Å². The van der Waals surface area contributed by atoms with Gasteiger partial charge in [0.1, 0.15) is 6.33 Å². The Kier molecular flexibility index (Phi) is 2.64. The Morgan fingerprint density at radius 1 is 1.31 bits per heavy atom. The molecular weight excluding hydrogens is 202 g/mol. The van der Waals surface area contributed by atoms with Gasteiger partial charge in [-0.05, 0) is 25.0 Å². The van der Waals surface area contributed by atoms with E-state index in [1.165, 1.54) is 26.7 Å². The maximum atomic E-state index is 11.6. The second-order valence-electron chi connectivity index (χ2n) is 4.11. The molecule has 0 aliphatic rings. The van der Waals surface area contributed by atoms with Crippen LogP contribution in [0.2, 0.25) is 0 Å². The molecule has 2 aromatic rings. The van der Waals surface area contributed by atoms with E-state index in [2.05, 4.69) is 23.3 Å². The lowest BCUT2D eigenvalue weighted by Crippen LogP contribution is -2.23. The molecule has 2 rings (SSSR count). The predicted molar refractivity (Wildman–Crippen MR) is 62.5 cm³/mol. The van der Waals surface area contributed by atoms with Crippen LogP contribution in [0.1, 0.15) is 16.7 Å². The molecule has 0 fully saturated rings. The Labute approximate surface area is 94.1 Å². The minimum absolute atomic E-state index is 0.0825. The highest BCUT2D eigenvalue weighted by Crippen LogP contribution is 2.10. The van der Waals surface area contributed by atoms with Crippen LogP contribution in [0.15, 0.2) is 29.3 Å². The molecule has 0 spiro atoms. The molecule has 4 heteroatoms. The van der Waals surface area contributed by atoms with Gasteiger partial charge in [-0.25, -0.2) is 9.48 Å². The van der Waals surface area contributed by atoms with E-state index in [-0.39, 0.29) is 5.69 Å². The molecule has 1 aromatic carbocycles. The van der Waals surface area contributed by atoms with E-state index in [0.717, 1.165) is 5.56 Å². The first-order valence-corrected chi connectivity index (χ1v) is 5.22. The van der Waals surface area contributed by atoms with Crippen LogP contribution < -0.4 is 5.69 Å². The summed E-state index contributed by atoms with van der Waals surface area (Å²) in [6.45, 7) is 4.63. The van der Waals surface area contributed by atoms with E-state index in [9.17, 15) is 4.79 Å². The van der Waals surface area contributed by atoms with Gasteiger partial charge >= 0.3 is 5.69 Å². The highest BCUT2D eigenvalue weighted by molar-refractivity contribution is 5.30. The molecule has 16 heavy (non-hydrogen) atoms. The molecule has 0 aliphatic carbocycles. The zero-order valence-electron chi connectivity index (χ0n) is 9.77. The van der Waals surface area contributed by atoms with Gasteiger partial charge in [0.15, 0.2) is 0 Å².